The van der Waals surface area contributed by atoms with Crippen molar-refractivity contribution < 1.29 is 0 Å². The zero-order valence-electron chi connectivity index (χ0n) is 6.65. The van der Waals surface area contributed by atoms with Crippen molar-refractivity contribution >= 4 is 0 Å². The predicted molar refractivity (Wildman–Crippen MR) is 42.6 cm³/mol. The molecule has 0 heterocycles. The fourth-order valence-electron chi connectivity index (χ4n) is 0.585. The van der Waals surface area contributed by atoms with Gasteiger partial charge in [0.15, 0.2) is 0 Å². The minimum Gasteiger partial charge on any atom is -0.317 e. The van der Waals surface area contributed by atoms with Crippen molar-refractivity contribution in [3.63, 3.8) is 0 Å². The number of hydrogen-bond donors (Lipinski definition) is 1. The van der Waals surface area contributed by atoms with Gasteiger partial charge >= 0.3 is 0 Å². The van der Waals surface area contributed by atoms with Gasteiger partial charge in [-0.1, -0.05) is 19.1 Å². The van der Waals surface area contributed by atoms with Crippen LogP contribution in [0.25, 0.3) is 0 Å². The molecule has 1 N–H and O–H groups in total. The molecule has 9 heavy (non-hydrogen) atoms. The zero-order valence-corrected chi connectivity index (χ0v) is 6.65. The molecule has 0 aliphatic rings. The molecule has 54 valence electrons. The van der Waals surface area contributed by atoms with E-state index < -0.39 is 0 Å². The van der Waals surface area contributed by atoms with E-state index in [4.69, 9.17) is 0 Å². The third-order valence-corrected chi connectivity index (χ3v) is 1.38. The first-order chi connectivity index (χ1) is 4.31. The van der Waals surface area contributed by atoms with Crippen LogP contribution >= 0.6 is 0 Å². The molecule has 0 aromatic rings. The van der Waals surface area contributed by atoms with E-state index in [1.54, 1.807) is 0 Å². The summed E-state index contributed by atoms with van der Waals surface area (Å²) in [5.41, 5.74) is 0. The smallest absolute Gasteiger partial charge is 0.00702 e. The van der Waals surface area contributed by atoms with Crippen molar-refractivity contribution in [2.45, 2.75) is 32.7 Å². The molecular weight excluding hydrogens is 110 g/mol. The van der Waals surface area contributed by atoms with Crippen LogP contribution in [0, 0.1) is 0 Å². The summed E-state index contributed by atoms with van der Waals surface area (Å²) < 4.78 is 0. The molecule has 0 bridgehead atoms. The first kappa shape index (κ1) is 8.70. The number of rotatable bonds is 4. The highest BCUT2D eigenvalue weighted by Gasteiger charge is 1.90. The van der Waals surface area contributed by atoms with Gasteiger partial charge in [0.1, 0.15) is 0 Å². The molecule has 0 aliphatic heterocycles. The standard InChI is InChI=1S/C8H17N/c1-4-5-6-7-8(2)9-3/h5-6,8-9H,4,7H2,1-3H3. The number of nitrogens with one attached hydrogen (secondary N) is 1. The van der Waals surface area contributed by atoms with Crippen molar-refractivity contribution in [3.05, 3.63) is 12.2 Å². The van der Waals surface area contributed by atoms with Crippen LogP contribution in [0.4, 0.5) is 0 Å². The molecule has 0 aliphatic carbocycles. The Labute approximate surface area is 58.2 Å². The molecule has 0 spiro atoms. The molecule has 1 nitrogen and oxygen atoms in total. The second kappa shape index (κ2) is 5.83. The Balaban J connectivity index is 3.15. The topological polar surface area (TPSA) is 12.0 Å². The lowest BCUT2D eigenvalue weighted by Crippen LogP contribution is -2.19. The summed E-state index contributed by atoms with van der Waals surface area (Å²) in [4.78, 5) is 0. The summed E-state index contributed by atoms with van der Waals surface area (Å²) in [5, 5.41) is 3.17. The fraction of sp³-hybridized carbons (Fsp3) is 0.750. The van der Waals surface area contributed by atoms with Gasteiger partial charge in [-0.25, -0.2) is 0 Å². The monoisotopic (exact) mass is 127 g/mol. The molecule has 0 radical (unpaired) electrons. The van der Waals surface area contributed by atoms with Gasteiger partial charge in [0, 0.05) is 6.04 Å². The lowest BCUT2D eigenvalue weighted by molar-refractivity contribution is 0.619. The summed E-state index contributed by atoms with van der Waals surface area (Å²) >= 11 is 0. The van der Waals surface area contributed by atoms with Gasteiger partial charge in [-0.05, 0) is 26.8 Å². The SMILES string of the molecule is CCC=CCC(C)NC. The minimum absolute atomic E-state index is 0.618. The van der Waals surface area contributed by atoms with Crippen molar-refractivity contribution in [1.29, 1.82) is 0 Å². The van der Waals surface area contributed by atoms with Crippen molar-refractivity contribution in [2.75, 3.05) is 7.05 Å². The summed E-state index contributed by atoms with van der Waals surface area (Å²) in [6, 6.07) is 0.618. The van der Waals surface area contributed by atoms with Crippen molar-refractivity contribution in [2.24, 2.45) is 0 Å². The molecule has 1 heteroatoms. The van der Waals surface area contributed by atoms with Crippen LogP contribution in [0.3, 0.4) is 0 Å². The molecule has 0 aromatic carbocycles. The molecule has 1 atom stereocenters. The number of allylic oxidation sites excluding steroid dienone is 1. The van der Waals surface area contributed by atoms with Gasteiger partial charge in [0.25, 0.3) is 0 Å². The summed E-state index contributed by atoms with van der Waals surface area (Å²) in [5.74, 6) is 0. The molecular formula is C8H17N. The van der Waals surface area contributed by atoms with Crippen LogP contribution in [0.15, 0.2) is 12.2 Å². The minimum atomic E-state index is 0.618. The summed E-state index contributed by atoms with van der Waals surface area (Å²) in [7, 11) is 1.99. The predicted octanol–water partition coefficient (Wildman–Crippen LogP) is 1.95. The molecule has 1 unspecified atom stereocenters. The van der Waals surface area contributed by atoms with Crippen LogP contribution in [-0.4, -0.2) is 13.1 Å². The van der Waals surface area contributed by atoms with Crippen LogP contribution < -0.4 is 5.32 Å². The molecule has 0 fully saturated rings. The normalized spacial score (nSPS) is 14.6. The maximum Gasteiger partial charge on any atom is 0.00702 e. The van der Waals surface area contributed by atoms with E-state index in [2.05, 4.69) is 31.3 Å². The molecule has 0 aromatic heterocycles. The largest absolute Gasteiger partial charge is 0.317 e. The average molecular weight is 127 g/mol. The zero-order chi connectivity index (χ0) is 7.11. The van der Waals surface area contributed by atoms with Crippen LogP contribution in [0.1, 0.15) is 26.7 Å². The van der Waals surface area contributed by atoms with Crippen LogP contribution in [0.5, 0.6) is 0 Å². The van der Waals surface area contributed by atoms with E-state index in [0.717, 1.165) is 12.8 Å². The van der Waals surface area contributed by atoms with E-state index in [1.807, 2.05) is 7.05 Å². The van der Waals surface area contributed by atoms with E-state index in [-0.39, 0.29) is 0 Å². The Morgan fingerprint density at radius 2 is 2.11 bits per heavy atom. The number of hydrogen-bond acceptors (Lipinski definition) is 1. The Morgan fingerprint density at radius 1 is 1.44 bits per heavy atom. The van der Waals surface area contributed by atoms with Crippen molar-refractivity contribution in [3.8, 4) is 0 Å². The highest BCUT2D eigenvalue weighted by molar-refractivity contribution is 4.83. The van der Waals surface area contributed by atoms with Crippen molar-refractivity contribution in [1.82, 2.24) is 5.32 Å². The van der Waals surface area contributed by atoms with Gasteiger partial charge in [-0.2, -0.15) is 0 Å². The quantitative estimate of drug-likeness (QED) is 0.569. The molecule has 0 saturated carbocycles. The third-order valence-electron chi connectivity index (χ3n) is 1.38. The first-order valence-corrected chi connectivity index (χ1v) is 3.63. The maximum atomic E-state index is 3.17. The second-order valence-electron chi connectivity index (χ2n) is 2.31. The van der Waals surface area contributed by atoms with Gasteiger partial charge in [-0.15, -0.1) is 0 Å². The Hall–Kier alpha value is -0.300. The summed E-state index contributed by atoms with van der Waals surface area (Å²) in [6.45, 7) is 4.33. The van der Waals surface area contributed by atoms with Gasteiger partial charge in [-0.3, -0.25) is 0 Å². The van der Waals surface area contributed by atoms with Gasteiger partial charge < -0.3 is 5.32 Å². The maximum absolute atomic E-state index is 3.17. The third kappa shape index (κ3) is 5.57. The van der Waals surface area contributed by atoms with E-state index in [1.165, 1.54) is 0 Å². The first-order valence-electron chi connectivity index (χ1n) is 3.63. The van der Waals surface area contributed by atoms with Crippen LogP contribution in [-0.2, 0) is 0 Å². The lowest BCUT2D eigenvalue weighted by atomic mass is 10.2. The Morgan fingerprint density at radius 3 is 2.56 bits per heavy atom. The van der Waals surface area contributed by atoms with Gasteiger partial charge in [0.05, 0.1) is 0 Å². The molecule has 0 rings (SSSR count). The average Bonchev–Trinajstić information content (AvgIpc) is 1.89. The second-order valence-corrected chi connectivity index (χ2v) is 2.31. The molecule has 0 saturated heterocycles. The van der Waals surface area contributed by atoms with E-state index in [0.29, 0.717) is 6.04 Å². The molecule has 0 amide bonds. The Bertz CT molecular complexity index is 76.6. The van der Waals surface area contributed by atoms with Gasteiger partial charge in [0.2, 0.25) is 0 Å². The fourth-order valence-corrected chi connectivity index (χ4v) is 0.585. The van der Waals surface area contributed by atoms with E-state index >= 15 is 0 Å². The highest BCUT2D eigenvalue weighted by Crippen LogP contribution is 1.91. The highest BCUT2D eigenvalue weighted by atomic mass is 14.8. The lowest BCUT2D eigenvalue weighted by Gasteiger charge is -2.04. The van der Waals surface area contributed by atoms with Crippen LogP contribution in [0.2, 0.25) is 0 Å². The van der Waals surface area contributed by atoms with E-state index in [9.17, 15) is 0 Å². The Kier molecular flexibility index (Phi) is 5.64. The summed E-state index contributed by atoms with van der Waals surface area (Å²) in [6.07, 6.45) is 6.72.